The molecule has 2 aromatic heterocycles. The fraction of sp³-hybridized carbons (Fsp3) is 0.300. The highest BCUT2D eigenvalue weighted by atomic mass is 19.4. The number of likely N-dealkylation sites (tertiary alicyclic amines) is 1. The monoisotopic (exact) mass is 517 g/mol. The number of alkyl halides is 3. The highest BCUT2D eigenvalue weighted by molar-refractivity contribution is 5.81. The highest BCUT2D eigenvalue weighted by Crippen LogP contribution is 2.37. The molecule has 38 heavy (non-hydrogen) atoms. The average Bonchev–Trinajstić information content (AvgIpc) is 2.93. The van der Waals surface area contributed by atoms with Crippen LogP contribution in [0.1, 0.15) is 48.5 Å². The number of pyridine rings is 1. The summed E-state index contributed by atoms with van der Waals surface area (Å²) in [7, 11) is 2.10. The quantitative estimate of drug-likeness (QED) is 0.293. The number of piperidine rings is 1. The zero-order chi connectivity index (χ0) is 26.7. The van der Waals surface area contributed by atoms with Crippen LogP contribution in [0, 0.1) is 0 Å². The average molecular weight is 518 g/mol. The van der Waals surface area contributed by atoms with Crippen molar-refractivity contribution in [3.63, 3.8) is 0 Å². The first kappa shape index (κ1) is 25.9. The van der Waals surface area contributed by atoms with E-state index in [1.165, 1.54) is 6.07 Å². The van der Waals surface area contributed by atoms with Gasteiger partial charge in [0.15, 0.2) is 0 Å². The van der Waals surface area contributed by atoms with E-state index in [0.717, 1.165) is 60.4 Å². The van der Waals surface area contributed by atoms with Gasteiger partial charge in [-0.1, -0.05) is 42.5 Å². The van der Waals surface area contributed by atoms with Crippen LogP contribution < -0.4 is 5.32 Å². The van der Waals surface area contributed by atoms with Crippen molar-refractivity contribution in [1.82, 2.24) is 20.1 Å². The van der Waals surface area contributed by atoms with Crippen LogP contribution in [0.2, 0.25) is 0 Å². The van der Waals surface area contributed by atoms with E-state index in [-0.39, 0.29) is 12.0 Å². The van der Waals surface area contributed by atoms with Crippen molar-refractivity contribution in [2.45, 2.75) is 37.9 Å². The van der Waals surface area contributed by atoms with Crippen LogP contribution in [-0.2, 0) is 6.18 Å². The van der Waals surface area contributed by atoms with E-state index in [2.05, 4.69) is 39.4 Å². The van der Waals surface area contributed by atoms with E-state index >= 15 is 0 Å². The molecule has 1 N–H and O–H groups in total. The summed E-state index contributed by atoms with van der Waals surface area (Å²) in [5, 5.41) is 12.5. The summed E-state index contributed by atoms with van der Waals surface area (Å²) < 4.78 is 40.5. The van der Waals surface area contributed by atoms with E-state index in [4.69, 9.17) is 0 Å². The van der Waals surface area contributed by atoms with Crippen molar-refractivity contribution in [2.75, 3.05) is 25.5 Å². The van der Waals surface area contributed by atoms with Gasteiger partial charge >= 0.3 is 6.18 Å². The predicted octanol–water partition coefficient (Wildman–Crippen LogP) is 7.21. The smallest absolute Gasteiger partial charge is 0.364 e. The maximum Gasteiger partial charge on any atom is 0.416 e. The molecule has 2 aromatic carbocycles. The molecule has 1 unspecified atom stereocenters. The lowest BCUT2D eigenvalue weighted by molar-refractivity contribution is -0.137. The van der Waals surface area contributed by atoms with Crippen molar-refractivity contribution in [3.8, 4) is 22.4 Å². The molecule has 3 heterocycles. The Balaban J connectivity index is 1.55. The first-order valence-corrected chi connectivity index (χ1v) is 12.8. The lowest BCUT2D eigenvalue weighted by Crippen LogP contribution is -2.29. The van der Waals surface area contributed by atoms with E-state index in [1.807, 2.05) is 48.5 Å². The van der Waals surface area contributed by atoms with Crippen molar-refractivity contribution >= 4 is 5.82 Å². The maximum atomic E-state index is 13.5. The molecule has 5 rings (SSSR count). The van der Waals surface area contributed by atoms with Gasteiger partial charge in [-0.25, -0.2) is 4.98 Å². The van der Waals surface area contributed by atoms with E-state index in [0.29, 0.717) is 17.1 Å². The van der Waals surface area contributed by atoms with Gasteiger partial charge in [0, 0.05) is 29.3 Å². The second kappa shape index (κ2) is 10.9. The van der Waals surface area contributed by atoms with E-state index in [9.17, 15) is 13.2 Å². The Morgan fingerprint density at radius 3 is 2.39 bits per heavy atom. The van der Waals surface area contributed by atoms with Crippen LogP contribution in [0.5, 0.6) is 0 Å². The lowest BCUT2D eigenvalue weighted by atomic mass is 9.91. The Kier molecular flexibility index (Phi) is 7.42. The minimum atomic E-state index is -4.45. The zero-order valence-electron chi connectivity index (χ0n) is 21.4. The van der Waals surface area contributed by atoms with Gasteiger partial charge in [-0.15, -0.1) is 5.10 Å². The number of halogens is 3. The van der Waals surface area contributed by atoms with Gasteiger partial charge in [0.05, 0.1) is 11.3 Å². The van der Waals surface area contributed by atoms with E-state index in [1.54, 1.807) is 12.3 Å². The summed E-state index contributed by atoms with van der Waals surface area (Å²) in [6.07, 6.45) is -0.809. The van der Waals surface area contributed by atoms with Crippen LogP contribution in [0.15, 0.2) is 79.0 Å². The van der Waals surface area contributed by atoms with Crippen LogP contribution in [0.3, 0.4) is 0 Å². The molecule has 0 aliphatic carbocycles. The molecule has 4 aromatic rings. The third-order valence-corrected chi connectivity index (χ3v) is 7.15. The van der Waals surface area contributed by atoms with Gasteiger partial charge in [-0.05, 0) is 81.4 Å². The molecule has 0 radical (unpaired) electrons. The Morgan fingerprint density at radius 1 is 0.895 bits per heavy atom. The lowest BCUT2D eigenvalue weighted by Gasteiger charge is -2.28. The van der Waals surface area contributed by atoms with Gasteiger partial charge in [-0.2, -0.15) is 18.3 Å². The molecule has 196 valence electrons. The second-order valence-corrected chi connectivity index (χ2v) is 9.89. The maximum absolute atomic E-state index is 13.5. The topological polar surface area (TPSA) is 53.9 Å². The van der Waals surface area contributed by atoms with Gasteiger partial charge < -0.3 is 10.2 Å². The zero-order valence-corrected chi connectivity index (χ0v) is 21.4. The van der Waals surface area contributed by atoms with Gasteiger partial charge in [0.2, 0.25) is 0 Å². The summed E-state index contributed by atoms with van der Waals surface area (Å²) in [4.78, 5) is 6.79. The molecule has 0 saturated carbocycles. The Morgan fingerprint density at radius 2 is 1.66 bits per heavy atom. The first-order chi connectivity index (χ1) is 18.3. The predicted molar refractivity (Wildman–Crippen MR) is 144 cm³/mol. The normalized spacial score (nSPS) is 15.8. The fourth-order valence-electron chi connectivity index (χ4n) is 4.91. The van der Waals surface area contributed by atoms with Crippen LogP contribution in [0.4, 0.5) is 19.0 Å². The molecular formula is C30H30F3N5. The number of nitrogens with zero attached hydrogens (tertiary/aromatic N) is 4. The molecule has 5 nitrogen and oxygen atoms in total. The third kappa shape index (κ3) is 5.86. The van der Waals surface area contributed by atoms with Gasteiger partial charge in [0.25, 0.3) is 0 Å². The summed E-state index contributed by atoms with van der Waals surface area (Å²) in [6, 6.07) is 21.1. The number of rotatable bonds is 6. The fourth-order valence-corrected chi connectivity index (χ4v) is 4.91. The number of benzene rings is 2. The Labute approximate surface area is 220 Å². The Bertz CT molecular complexity index is 1380. The minimum absolute atomic E-state index is 0.0206. The molecule has 0 amide bonds. The first-order valence-electron chi connectivity index (χ1n) is 12.8. The number of hydrogen-bond acceptors (Lipinski definition) is 5. The molecule has 1 aliphatic rings. The van der Waals surface area contributed by atoms with E-state index < -0.39 is 11.7 Å². The SMILES string of the molecule is CC(Nc1cc(-c2cc(C3CCN(C)CC3)nnc2-c2cccc(C(F)(F)F)c2)ccn1)c1ccccc1. The van der Waals surface area contributed by atoms with Crippen molar-refractivity contribution in [2.24, 2.45) is 0 Å². The molecular weight excluding hydrogens is 487 g/mol. The molecule has 1 saturated heterocycles. The molecule has 8 heteroatoms. The van der Waals surface area contributed by atoms with Crippen molar-refractivity contribution < 1.29 is 13.2 Å². The number of aromatic nitrogens is 3. The standard InChI is InChI=1S/C30H30F3N5/c1-20(21-7-4-3-5-8-21)35-28-18-23(11-14-34-28)26-19-27(22-12-15-38(2)16-13-22)36-37-29(26)24-9-6-10-25(17-24)30(31,32)33/h3-11,14,17-20,22H,12-13,15-16H2,1-2H3,(H,34,35). The largest absolute Gasteiger partial charge is 0.416 e. The van der Waals surface area contributed by atoms with Crippen LogP contribution in [0.25, 0.3) is 22.4 Å². The highest BCUT2D eigenvalue weighted by Gasteiger charge is 2.31. The van der Waals surface area contributed by atoms with Crippen LogP contribution in [-0.4, -0.2) is 40.2 Å². The van der Waals surface area contributed by atoms with Gasteiger partial charge in [-0.3, -0.25) is 0 Å². The number of anilines is 1. The van der Waals surface area contributed by atoms with Crippen molar-refractivity contribution in [1.29, 1.82) is 0 Å². The molecule has 1 aliphatic heterocycles. The summed E-state index contributed by atoms with van der Waals surface area (Å²) in [5.41, 5.74) is 3.63. The van der Waals surface area contributed by atoms with Crippen molar-refractivity contribution in [3.05, 3.63) is 95.8 Å². The molecule has 0 spiro atoms. The number of nitrogens with one attached hydrogen (secondary N) is 1. The molecule has 1 fully saturated rings. The Hall–Kier alpha value is -3.78. The summed E-state index contributed by atoms with van der Waals surface area (Å²) in [6.45, 7) is 4.00. The van der Waals surface area contributed by atoms with Crippen LogP contribution >= 0.6 is 0 Å². The molecule has 1 atom stereocenters. The summed E-state index contributed by atoms with van der Waals surface area (Å²) >= 11 is 0. The second-order valence-electron chi connectivity index (χ2n) is 9.89. The summed E-state index contributed by atoms with van der Waals surface area (Å²) in [5.74, 6) is 0.928. The third-order valence-electron chi connectivity index (χ3n) is 7.15. The minimum Gasteiger partial charge on any atom is -0.364 e. The molecule has 0 bridgehead atoms. The van der Waals surface area contributed by atoms with Gasteiger partial charge in [0.1, 0.15) is 11.5 Å². The number of hydrogen-bond donors (Lipinski definition) is 1.